The molecule has 1 aromatic heterocycles. The zero-order valence-electron chi connectivity index (χ0n) is 14.7. The smallest absolute Gasteiger partial charge is 0.326 e. The minimum absolute atomic E-state index is 0.0407. The van der Waals surface area contributed by atoms with Crippen LogP contribution in [0, 0.1) is 0 Å². The second-order valence-corrected chi connectivity index (χ2v) is 6.53. The largest absolute Gasteiger partial charge is 0.480 e. The van der Waals surface area contributed by atoms with Crippen molar-refractivity contribution in [3.8, 4) is 0 Å². The minimum atomic E-state index is -1.13. The quantitative estimate of drug-likeness (QED) is 0.569. The third-order valence-electron chi connectivity index (χ3n) is 3.56. The highest BCUT2D eigenvalue weighted by atomic mass is 32.2. The van der Waals surface area contributed by atoms with Crippen LogP contribution in [0.3, 0.4) is 0 Å². The summed E-state index contributed by atoms with van der Waals surface area (Å²) in [7, 11) is 0. The number of carbonyl (C=O) groups is 3. The number of amides is 2. The zero-order valence-corrected chi connectivity index (χ0v) is 15.5. The molecule has 0 aliphatic carbocycles. The summed E-state index contributed by atoms with van der Waals surface area (Å²) in [5, 5.41) is 14.2. The molecule has 0 saturated carbocycles. The summed E-state index contributed by atoms with van der Waals surface area (Å²) in [6, 6.07) is 10.9. The summed E-state index contributed by atoms with van der Waals surface area (Å²) in [6.45, 7) is 0. The summed E-state index contributed by atoms with van der Waals surface area (Å²) < 4.78 is 5.03. The van der Waals surface area contributed by atoms with Crippen molar-refractivity contribution in [1.29, 1.82) is 0 Å². The van der Waals surface area contributed by atoms with Crippen LogP contribution in [0.1, 0.15) is 22.5 Å². The number of carboxylic acids is 1. The van der Waals surface area contributed by atoms with Crippen LogP contribution >= 0.6 is 11.8 Å². The van der Waals surface area contributed by atoms with Crippen LogP contribution in [0.4, 0.5) is 0 Å². The van der Waals surface area contributed by atoms with Gasteiger partial charge in [-0.1, -0.05) is 30.3 Å². The van der Waals surface area contributed by atoms with E-state index in [1.807, 2.05) is 12.3 Å². The standard InChI is InChI=1S/C19H20N2O5S/c1-27-11-9-14(19(24)25)20-17(22)15(12-13-6-3-2-4-7-13)21-18(23)16-8-5-10-26-16/h2-8,10,12,14H,9,11H2,1H3,(H,20,22)(H,21,23)(H,24,25)/b15-12+. The Morgan fingerprint density at radius 2 is 1.93 bits per heavy atom. The van der Waals surface area contributed by atoms with Gasteiger partial charge in [0.2, 0.25) is 0 Å². The van der Waals surface area contributed by atoms with Crippen LogP contribution in [0.2, 0.25) is 0 Å². The van der Waals surface area contributed by atoms with Crippen LogP contribution in [0.25, 0.3) is 6.08 Å². The van der Waals surface area contributed by atoms with Gasteiger partial charge in [-0.15, -0.1) is 0 Å². The van der Waals surface area contributed by atoms with Gasteiger partial charge in [0.1, 0.15) is 11.7 Å². The molecule has 0 radical (unpaired) electrons. The first-order valence-corrected chi connectivity index (χ1v) is 9.55. The topological polar surface area (TPSA) is 109 Å². The lowest BCUT2D eigenvalue weighted by Crippen LogP contribution is -2.44. The second-order valence-electron chi connectivity index (χ2n) is 5.55. The van der Waals surface area contributed by atoms with Crippen molar-refractivity contribution in [3.63, 3.8) is 0 Å². The Hall–Kier alpha value is -3.00. The monoisotopic (exact) mass is 388 g/mol. The Morgan fingerprint density at radius 1 is 1.19 bits per heavy atom. The Kier molecular flexibility index (Phi) is 7.69. The van der Waals surface area contributed by atoms with Gasteiger partial charge >= 0.3 is 5.97 Å². The van der Waals surface area contributed by atoms with Crippen molar-refractivity contribution in [2.45, 2.75) is 12.5 Å². The fourth-order valence-corrected chi connectivity index (χ4v) is 2.67. The van der Waals surface area contributed by atoms with Crippen LogP contribution in [0.15, 0.2) is 58.8 Å². The molecule has 1 unspecified atom stereocenters. The first-order chi connectivity index (χ1) is 13.0. The van der Waals surface area contributed by atoms with Crippen LogP contribution < -0.4 is 10.6 Å². The van der Waals surface area contributed by atoms with E-state index in [1.165, 1.54) is 30.2 Å². The second kappa shape index (κ2) is 10.2. The Labute approximate surface area is 160 Å². The number of carboxylic acid groups (broad SMARTS) is 1. The molecule has 0 bridgehead atoms. The van der Waals surface area contributed by atoms with Crippen molar-refractivity contribution in [1.82, 2.24) is 10.6 Å². The minimum Gasteiger partial charge on any atom is -0.480 e. The summed E-state index contributed by atoms with van der Waals surface area (Å²) in [6.07, 6.45) is 4.94. The Morgan fingerprint density at radius 3 is 2.52 bits per heavy atom. The first-order valence-electron chi connectivity index (χ1n) is 8.15. The average molecular weight is 388 g/mol. The predicted molar refractivity (Wildman–Crippen MR) is 103 cm³/mol. The predicted octanol–water partition coefficient (Wildman–Crippen LogP) is 2.37. The third-order valence-corrected chi connectivity index (χ3v) is 4.21. The molecule has 0 fully saturated rings. The van der Waals surface area contributed by atoms with Gasteiger partial charge in [-0.2, -0.15) is 11.8 Å². The molecule has 0 saturated heterocycles. The van der Waals surface area contributed by atoms with Crippen molar-refractivity contribution in [2.24, 2.45) is 0 Å². The van der Waals surface area contributed by atoms with Gasteiger partial charge < -0.3 is 20.2 Å². The van der Waals surface area contributed by atoms with E-state index in [0.717, 1.165) is 0 Å². The van der Waals surface area contributed by atoms with E-state index >= 15 is 0 Å². The van der Waals surface area contributed by atoms with E-state index in [1.54, 1.807) is 30.3 Å². The number of hydrogen-bond donors (Lipinski definition) is 3. The van der Waals surface area contributed by atoms with Gasteiger partial charge in [-0.05, 0) is 42.2 Å². The molecule has 2 aromatic rings. The molecule has 2 amide bonds. The molecule has 3 N–H and O–H groups in total. The van der Waals surface area contributed by atoms with E-state index in [2.05, 4.69) is 10.6 Å². The molecule has 1 heterocycles. The number of thioether (sulfide) groups is 1. The maximum absolute atomic E-state index is 12.6. The van der Waals surface area contributed by atoms with Crippen molar-refractivity contribution in [2.75, 3.05) is 12.0 Å². The number of furan rings is 1. The van der Waals surface area contributed by atoms with Gasteiger partial charge in [0.25, 0.3) is 11.8 Å². The molecular weight excluding hydrogens is 368 g/mol. The molecule has 142 valence electrons. The van der Waals surface area contributed by atoms with Crippen LogP contribution in [-0.2, 0) is 9.59 Å². The molecule has 1 aromatic carbocycles. The highest BCUT2D eigenvalue weighted by Gasteiger charge is 2.23. The molecule has 7 nitrogen and oxygen atoms in total. The lowest BCUT2D eigenvalue weighted by molar-refractivity contribution is -0.141. The molecular formula is C19H20N2O5S. The van der Waals surface area contributed by atoms with Crippen molar-refractivity contribution < 1.29 is 23.9 Å². The van der Waals surface area contributed by atoms with Gasteiger partial charge in [-0.25, -0.2) is 4.79 Å². The van der Waals surface area contributed by atoms with Gasteiger partial charge in [0, 0.05) is 0 Å². The normalized spacial score (nSPS) is 12.3. The number of aliphatic carboxylic acids is 1. The fraction of sp³-hybridized carbons (Fsp3) is 0.211. The SMILES string of the molecule is CSCCC(NC(=O)/C(=C\c1ccccc1)NC(=O)c1ccco1)C(=O)O. The highest BCUT2D eigenvalue weighted by molar-refractivity contribution is 7.98. The lowest BCUT2D eigenvalue weighted by Gasteiger charge is -2.16. The number of carbonyl (C=O) groups excluding carboxylic acids is 2. The van der Waals surface area contributed by atoms with E-state index in [0.29, 0.717) is 11.3 Å². The van der Waals surface area contributed by atoms with Gasteiger partial charge in [0.05, 0.1) is 6.26 Å². The van der Waals surface area contributed by atoms with Gasteiger partial charge in [-0.3, -0.25) is 9.59 Å². The number of benzene rings is 1. The maximum atomic E-state index is 12.6. The van der Waals surface area contributed by atoms with Gasteiger partial charge in [0.15, 0.2) is 5.76 Å². The summed E-state index contributed by atoms with van der Waals surface area (Å²) in [5.41, 5.74) is 0.608. The van der Waals surface area contributed by atoms with E-state index in [9.17, 15) is 19.5 Å². The fourth-order valence-electron chi connectivity index (χ4n) is 2.20. The van der Waals surface area contributed by atoms with Crippen LogP contribution in [0.5, 0.6) is 0 Å². The Balaban J connectivity index is 2.22. The summed E-state index contributed by atoms with van der Waals surface area (Å²) >= 11 is 1.48. The molecule has 0 spiro atoms. The first kappa shape index (κ1) is 20.3. The molecule has 27 heavy (non-hydrogen) atoms. The van der Waals surface area contributed by atoms with E-state index in [-0.39, 0.29) is 17.9 Å². The third kappa shape index (κ3) is 6.34. The summed E-state index contributed by atoms with van der Waals surface area (Å²) in [4.78, 5) is 36.3. The Bertz CT molecular complexity index is 803. The van der Waals surface area contributed by atoms with Crippen LogP contribution in [-0.4, -0.2) is 40.9 Å². The number of hydrogen-bond acceptors (Lipinski definition) is 5. The number of nitrogens with one attached hydrogen (secondary N) is 2. The lowest BCUT2D eigenvalue weighted by atomic mass is 10.1. The zero-order chi connectivity index (χ0) is 19.6. The molecule has 8 heteroatoms. The average Bonchev–Trinajstić information content (AvgIpc) is 3.20. The maximum Gasteiger partial charge on any atom is 0.326 e. The summed E-state index contributed by atoms with van der Waals surface area (Å²) in [5.74, 6) is -1.80. The van der Waals surface area contributed by atoms with E-state index in [4.69, 9.17) is 4.42 Å². The molecule has 0 aliphatic heterocycles. The molecule has 0 aliphatic rings. The number of rotatable bonds is 9. The van der Waals surface area contributed by atoms with Crippen molar-refractivity contribution in [3.05, 3.63) is 65.7 Å². The molecule has 2 rings (SSSR count). The molecule has 1 atom stereocenters. The van der Waals surface area contributed by atoms with E-state index < -0.39 is 23.8 Å². The van der Waals surface area contributed by atoms with Crippen molar-refractivity contribution >= 4 is 35.6 Å². The highest BCUT2D eigenvalue weighted by Crippen LogP contribution is 2.09.